The van der Waals surface area contributed by atoms with Gasteiger partial charge in [-0.3, -0.25) is 4.79 Å². The number of aryl methyl sites for hydroxylation is 2. The van der Waals surface area contributed by atoms with E-state index in [-0.39, 0.29) is 18.6 Å². The molecule has 0 spiro atoms. The van der Waals surface area contributed by atoms with Gasteiger partial charge in [0.1, 0.15) is 5.75 Å². The molecule has 0 heterocycles. The molecule has 0 unspecified atom stereocenters. The molecule has 1 N–H and O–H groups in total. The van der Waals surface area contributed by atoms with E-state index >= 15 is 0 Å². The predicted molar refractivity (Wildman–Crippen MR) is 113 cm³/mol. The minimum atomic E-state index is -0.111. The maximum absolute atomic E-state index is 12.3. The van der Waals surface area contributed by atoms with E-state index in [0.29, 0.717) is 11.7 Å². The first kappa shape index (κ1) is 19.9. The van der Waals surface area contributed by atoms with E-state index in [1.807, 2.05) is 25.1 Å². The van der Waals surface area contributed by atoms with E-state index in [4.69, 9.17) is 4.74 Å². The van der Waals surface area contributed by atoms with Gasteiger partial charge in [0.15, 0.2) is 6.61 Å². The molecule has 0 fully saturated rings. The summed E-state index contributed by atoms with van der Waals surface area (Å²) in [5.74, 6) is 1.03. The van der Waals surface area contributed by atoms with Crippen molar-refractivity contribution in [1.29, 1.82) is 0 Å². The quantitative estimate of drug-likeness (QED) is 0.638. The highest BCUT2D eigenvalue weighted by molar-refractivity contribution is 9.10. The van der Waals surface area contributed by atoms with E-state index in [1.54, 1.807) is 0 Å². The fourth-order valence-electron chi connectivity index (χ4n) is 3.53. The minimum Gasteiger partial charge on any atom is -0.483 e. The first-order chi connectivity index (χ1) is 12.9. The number of carbonyl (C=O) groups excluding carboxylic acids is 1. The number of hydrogen-bond acceptors (Lipinski definition) is 2. The lowest BCUT2D eigenvalue weighted by molar-refractivity contribution is -0.123. The van der Waals surface area contributed by atoms with E-state index in [0.717, 1.165) is 16.5 Å². The topological polar surface area (TPSA) is 38.3 Å². The van der Waals surface area contributed by atoms with Crippen LogP contribution < -0.4 is 10.1 Å². The van der Waals surface area contributed by atoms with E-state index in [2.05, 4.69) is 53.3 Å². The molecular formula is C23H28BrNO2. The van der Waals surface area contributed by atoms with Gasteiger partial charge in [0, 0.05) is 0 Å². The molecule has 3 rings (SSSR count). The van der Waals surface area contributed by atoms with Crippen LogP contribution in [0, 0.1) is 0 Å². The number of halogens is 1. The third kappa shape index (κ3) is 5.13. The standard InChI is InChI=1S/C23H28BrNO2/c1-15(2)18-10-11-22(21(24)13-18)27-14-23(26)25-16(3)19-9-8-17-6-4-5-7-20(17)12-19/h8-13,15-16H,4-7,14H2,1-3H3,(H,25,26)/t16-/m0/s1. The van der Waals surface area contributed by atoms with Crippen molar-refractivity contribution in [3.05, 3.63) is 63.1 Å². The average Bonchev–Trinajstić information content (AvgIpc) is 2.66. The Kier molecular flexibility index (Phi) is 6.59. The molecule has 1 amide bonds. The van der Waals surface area contributed by atoms with Gasteiger partial charge >= 0.3 is 0 Å². The molecule has 27 heavy (non-hydrogen) atoms. The molecule has 4 heteroatoms. The van der Waals surface area contributed by atoms with Gasteiger partial charge in [-0.15, -0.1) is 0 Å². The van der Waals surface area contributed by atoms with E-state index in [1.165, 1.54) is 36.0 Å². The van der Waals surface area contributed by atoms with Crippen molar-refractivity contribution in [3.8, 4) is 5.75 Å². The summed E-state index contributed by atoms with van der Waals surface area (Å²) in [6.45, 7) is 6.33. The lowest BCUT2D eigenvalue weighted by atomic mass is 9.89. The maximum atomic E-state index is 12.3. The summed E-state index contributed by atoms with van der Waals surface area (Å²) >= 11 is 3.53. The zero-order valence-corrected chi connectivity index (χ0v) is 17.9. The van der Waals surface area contributed by atoms with Crippen LogP contribution in [0.25, 0.3) is 0 Å². The van der Waals surface area contributed by atoms with Crippen LogP contribution in [0.15, 0.2) is 40.9 Å². The third-order valence-corrected chi connectivity index (χ3v) is 5.85. The number of benzene rings is 2. The van der Waals surface area contributed by atoms with Gasteiger partial charge in [0.2, 0.25) is 0 Å². The first-order valence-corrected chi connectivity index (χ1v) is 10.6. The van der Waals surface area contributed by atoms with Crippen molar-refractivity contribution < 1.29 is 9.53 Å². The number of rotatable bonds is 6. The Morgan fingerprint density at radius 2 is 1.74 bits per heavy atom. The predicted octanol–water partition coefficient (Wildman–Crippen LogP) is 5.71. The molecule has 0 saturated heterocycles. The van der Waals surface area contributed by atoms with Gasteiger partial charge in [0.25, 0.3) is 5.91 Å². The number of ether oxygens (including phenoxy) is 1. The molecule has 0 bridgehead atoms. The Hall–Kier alpha value is -1.81. The summed E-state index contributed by atoms with van der Waals surface area (Å²) in [7, 11) is 0. The number of nitrogens with one attached hydrogen (secondary N) is 1. The largest absolute Gasteiger partial charge is 0.483 e. The van der Waals surface area contributed by atoms with E-state index in [9.17, 15) is 4.79 Å². The highest BCUT2D eigenvalue weighted by Crippen LogP contribution is 2.29. The Bertz CT molecular complexity index is 816. The Balaban J connectivity index is 1.56. The summed E-state index contributed by atoms with van der Waals surface area (Å²) < 4.78 is 6.58. The van der Waals surface area contributed by atoms with Crippen LogP contribution in [0.4, 0.5) is 0 Å². The molecule has 1 aliphatic rings. The Morgan fingerprint density at radius 1 is 1.04 bits per heavy atom. The van der Waals surface area contributed by atoms with Crippen molar-refractivity contribution in [2.45, 2.75) is 58.4 Å². The van der Waals surface area contributed by atoms with Crippen LogP contribution in [0.2, 0.25) is 0 Å². The molecule has 0 saturated carbocycles. The van der Waals surface area contributed by atoms with Crippen molar-refractivity contribution >= 4 is 21.8 Å². The minimum absolute atomic E-state index is 0.00884. The van der Waals surface area contributed by atoms with Crippen LogP contribution in [-0.2, 0) is 17.6 Å². The van der Waals surface area contributed by atoms with Crippen molar-refractivity contribution in [3.63, 3.8) is 0 Å². The molecule has 3 nitrogen and oxygen atoms in total. The smallest absolute Gasteiger partial charge is 0.258 e. The lowest BCUT2D eigenvalue weighted by Crippen LogP contribution is -2.31. The molecule has 144 valence electrons. The summed E-state index contributed by atoms with van der Waals surface area (Å²) in [5, 5.41) is 3.04. The van der Waals surface area contributed by atoms with Gasteiger partial charge in [-0.1, -0.05) is 38.1 Å². The maximum Gasteiger partial charge on any atom is 0.258 e. The SMILES string of the molecule is CC(C)c1ccc(OCC(=O)N[C@@H](C)c2ccc3c(c2)CCCC3)c(Br)c1. The fourth-order valence-corrected chi connectivity index (χ4v) is 4.04. The molecule has 2 aromatic rings. The highest BCUT2D eigenvalue weighted by atomic mass is 79.9. The first-order valence-electron chi connectivity index (χ1n) is 9.77. The molecular weight excluding hydrogens is 402 g/mol. The van der Waals surface area contributed by atoms with Gasteiger partial charge in [-0.05, 0) is 88.8 Å². The number of carbonyl (C=O) groups is 1. The van der Waals surface area contributed by atoms with Crippen LogP contribution in [0.5, 0.6) is 5.75 Å². The van der Waals surface area contributed by atoms with Crippen LogP contribution in [-0.4, -0.2) is 12.5 Å². The molecule has 1 aliphatic carbocycles. The second-order valence-corrected chi connectivity index (χ2v) is 8.51. The number of amides is 1. The van der Waals surface area contributed by atoms with Gasteiger partial charge in [-0.2, -0.15) is 0 Å². The second-order valence-electron chi connectivity index (χ2n) is 7.66. The van der Waals surface area contributed by atoms with Crippen LogP contribution in [0.1, 0.15) is 67.8 Å². The fraction of sp³-hybridized carbons (Fsp3) is 0.435. The molecule has 0 radical (unpaired) electrons. The van der Waals surface area contributed by atoms with Gasteiger partial charge < -0.3 is 10.1 Å². The Labute approximate surface area is 170 Å². The normalized spacial score (nSPS) is 14.6. The summed E-state index contributed by atoms with van der Waals surface area (Å²) in [4.78, 5) is 12.3. The number of hydrogen-bond donors (Lipinski definition) is 1. The zero-order chi connectivity index (χ0) is 19.4. The summed E-state index contributed by atoms with van der Waals surface area (Å²) in [5.41, 5.74) is 5.29. The average molecular weight is 430 g/mol. The molecule has 2 aromatic carbocycles. The van der Waals surface area contributed by atoms with Crippen molar-refractivity contribution in [2.75, 3.05) is 6.61 Å². The zero-order valence-electron chi connectivity index (χ0n) is 16.3. The molecule has 1 atom stereocenters. The molecule has 0 aliphatic heterocycles. The Morgan fingerprint density at radius 3 is 2.44 bits per heavy atom. The van der Waals surface area contributed by atoms with Crippen molar-refractivity contribution in [2.24, 2.45) is 0 Å². The third-order valence-electron chi connectivity index (χ3n) is 5.23. The van der Waals surface area contributed by atoms with Gasteiger partial charge in [0.05, 0.1) is 10.5 Å². The monoisotopic (exact) mass is 429 g/mol. The second kappa shape index (κ2) is 8.92. The van der Waals surface area contributed by atoms with E-state index < -0.39 is 0 Å². The van der Waals surface area contributed by atoms with Crippen LogP contribution in [0.3, 0.4) is 0 Å². The summed E-state index contributed by atoms with van der Waals surface area (Å²) in [6, 6.07) is 12.6. The highest BCUT2D eigenvalue weighted by Gasteiger charge is 2.15. The molecule has 0 aromatic heterocycles. The summed E-state index contributed by atoms with van der Waals surface area (Å²) in [6.07, 6.45) is 4.86. The van der Waals surface area contributed by atoms with Crippen molar-refractivity contribution in [1.82, 2.24) is 5.32 Å². The van der Waals surface area contributed by atoms with Gasteiger partial charge in [-0.25, -0.2) is 0 Å². The number of fused-ring (bicyclic) bond motifs is 1. The lowest BCUT2D eigenvalue weighted by Gasteiger charge is -2.20. The van der Waals surface area contributed by atoms with Crippen LogP contribution >= 0.6 is 15.9 Å².